The van der Waals surface area contributed by atoms with E-state index in [1.807, 2.05) is 11.3 Å². The van der Waals surface area contributed by atoms with E-state index in [-0.39, 0.29) is 24.0 Å². The van der Waals surface area contributed by atoms with Crippen molar-refractivity contribution in [1.82, 2.24) is 15.1 Å². The molecule has 3 rings (SSSR count). The Balaban J connectivity index is 0.00000133. The first kappa shape index (κ1) is 15.1. The summed E-state index contributed by atoms with van der Waals surface area (Å²) < 4.78 is 0. The average molecular weight is 392 g/mol. The number of fused-ring (bicyclic) bond motifs is 1. The first-order valence-electron chi connectivity index (χ1n) is 6.60. The molecule has 0 atom stereocenters. The minimum Gasteiger partial charge on any atom is -0.355 e. The lowest BCUT2D eigenvalue weighted by atomic mass is 10.1. The van der Waals surface area contributed by atoms with Crippen molar-refractivity contribution in [3.63, 3.8) is 0 Å². The van der Waals surface area contributed by atoms with Crippen LogP contribution in [0.3, 0.4) is 0 Å². The highest BCUT2D eigenvalue weighted by Gasteiger charge is 2.17. The van der Waals surface area contributed by atoms with Gasteiger partial charge in [-0.3, -0.25) is 9.89 Å². The van der Waals surface area contributed by atoms with Crippen molar-refractivity contribution < 1.29 is 0 Å². The van der Waals surface area contributed by atoms with Crippen LogP contribution in [0.25, 0.3) is 0 Å². The summed E-state index contributed by atoms with van der Waals surface area (Å²) in [7, 11) is 2.09. The van der Waals surface area contributed by atoms with Crippen LogP contribution < -0.4 is 5.32 Å². The lowest BCUT2D eigenvalue weighted by Gasteiger charge is -2.27. The second-order valence-corrected chi connectivity index (χ2v) is 5.95. The van der Waals surface area contributed by atoms with Gasteiger partial charge in [0.2, 0.25) is 0 Å². The fourth-order valence-corrected chi connectivity index (χ4v) is 3.44. The number of nitrogens with one attached hydrogen (secondary N) is 1. The molecule has 0 radical (unpaired) electrons. The van der Waals surface area contributed by atoms with E-state index >= 15 is 0 Å². The normalized spacial score (nSPS) is 18.8. The second-order valence-electron chi connectivity index (χ2n) is 4.95. The molecule has 1 N–H and O–H groups in total. The van der Waals surface area contributed by atoms with E-state index in [0.717, 1.165) is 38.7 Å². The molecular formula is C13H21IN4S. The molecule has 1 aromatic rings. The van der Waals surface area contributed by atoms with Gasteiger partial charge in [-0.1, -0.05) is 0 Å². The van der Waals surface area contributed by atoms with Crippen molar-refractivity contribution in [2.75, 3.05) is 39.8 Å². The smallest absolute Gasteiger partial charge is 0.193 e. The SMILES string of the molecule is CN1CCN=C1NCCN1CCc2sccc2C1.I. The van der Waals surface area contributed by atoms with E-state index in [1.165, 1.54) is 18.5 Å². The van der Waals surface area contributed by atoms with Crippen LogP contribution in [0.15, 0.2) is 16.4 Å². The molecule has 106 valence electrons. The average Bonchev–Trinajstić information content (AvgIpc) is 2.98. The van der Waals surface area contributed by atoms with Crippen LogP contribution in [0.4, 0.5) is 0 Å². The highest BCUT2D eigenvalue weighted by Crippen LogP contribution is 2.23. The monoisotopic (exact) mass is 392 g/mol. The Hall–Kier alpha value is -0.340. The van der Waals surface area contributed by atoms with Crippen molar-refractivity contribution in [1.29, 1.82) is 0 Å². The summed E-state index contributed by atoms with van der Waals surface area (Å²) in [5.74, 6) is 1.06. The summed E-state index contributed by atoms with van der Waals surface area (Å²) in [5, 5.41) is 5.65. The Bertz CT molecular complexity index is 446. The maximum atomic E-state index is 4.44. The Labute approximate surface area is 135 Å². The minimum absolute atomic E-state index is 0. The Morgan fingerprint density at radius 1 is 1.42 bits per heavy atom. The van der Waals surface area contributed by atoms with Gasteiger partial charge in [0.25, 0.3) is 0 Å². The number of likely N-dealkylation sites (N-methyl/N-ethyl adjacent to an activating group) is 1. The maximum Gasteiger partial charge on any atom is 0.193 e. The van der Waals surface area contributed by atoms with Crippen molar-refractivity contribution in [3.05, 3.63) is 21.9 Å². The molecule has 19 heavy (non-hydrogen) atoms. The van der Waals surface area contributed by atoms with Crippen LogP contribution in [-0.2, 0) is 13.0 Å². The van der Waals surface area contributed by atoms with Gasteiger partial charge >= 0.3 is 0 Å². The summed E-state index contributed by atoms with van der Waals surface area (Å²) in [4.78, 5) is 10.7. The van der Waals surface area contributed by atoms with E-state index in [1.54, 1.807) is 4.88 Å². The molecule has 0 fully saturated rings. The summed E-state index contributed by atoms with van der Waals surface area (Å²) in [6, 6.07) is 2.27. The number of halogens is 1. The zero-order valence-electron chi connectivity index (χ0n) is 11.3. The quantitative estimate of drug-likeness (QED) is 0.794. The fourth-order valence-electron chi connectivity index (χ4n) is 2.55. The molecule has 0 spiro atoms. The number of hydrogen-bond acceptors (Lipinski definition) is 5. The first-order chi connectivity index (χ1) is 8.83. The van der Waals surface area contributed by atoms with Gasteiger partial charge in [0.15, 0.2) is 5.96 Å². The molecule has 2 aliphatic heterocycles. The third kappa shape index (κ3) is 3.61. The Kier molecular flexibility index (Phi) is 5.47. The maximum absolute atomic E-state index is 4.44. The molecule has 3 heterocycles. The van der Waals surface area contributed by atoms with Crippen molar-refractivity contribution in [3.8, 4) is 0 Å². The Morgan fingerprint density at radius 3 is 3.11 bits per heavy atom. The number of hydrogen-bond donors (Lipinski definition) is 1. The molecular weight excluding hydrogens is 371 g/mol. The molecule has 6 heteroatoms. The molecule has 0 amide bonds. The van der Waals surface area contributed by atoms with Crippen LogP contribution in [0, 0.1) is 0 Å². The third-order valence-corrected chi connectivity index (χ3v) is 4.68. The third-order valence-electron chi connectivity index (χ3n) is 3.66. The molecule has 0 aliphatic carbocycles. The van der Waals surface area contributed by atoms with E-state index in [4.69, 9.17) is 0 Å². The molecule has 2 aliphatic rings. The van der Waals surface area contributed by atoms with Gasteiger partial charge < -0.3 is 10.2 Å². The first-order valence-corrected chi connectivity index (χ1v) is 7.48. The summed E-state index contributed by atoms with van der Waals surface area (Å²) in [5.41, 5.74) is 1.53. The van der Waals surface area contributed by atoms with Gasteiger partial charge in [-0.15, -0.1) is 35.3 Å². The van der Waals surface area contributed by atoms with Crippen molar-refractivity contribution in [2.45, 2.75) is 13.0 Å². The molecule has 1 aromatic heterocycles. The van der Waals surface area contributed by atoms with Crippen LogP contribution >= 0.6 is 35.3 Å². The van der Waals surface area contributed by atoms with Gasteiger partial charge in [-0.25, -0.2) is 0 Å². The van der Waals surface area contributed by atoms with E-state index in [9.17, 15) is 0 Å². The Morgan fingerprint density at radius 2 is 2.32 bits per heavy atom. The fraction of sp³-hybridized carbons (Fsp3) is 0.615. The van der Waals surface area contributed by atoms with Gasteiger partial charge in [-0.2, -0.15) is 0 Å². The van der Waals surface area contributed by atoms with Crippen molar-refractivity contribution in [2.24, 2.45) is 4.99 Å². The second kappa shape index (κ2) is 6.90. The molecule has 0 bridgehead atoms. The van der Waals surface area contributed by atoms with Gasteiger partial charge in [-0.05, 0) is 23.4 Å². The molecule has 0 aromatic carbocycles. The number of thiophene rings is 1. The van der Waals surface area contributed by atoms with Crippen LogP contribution in [0.1, 0.15) is 10.4 Å². The van der Waals surface area contributed by atoms with E-state index < -0.39 is 0 Å². The zero-order valence-corrected chi connectivity index (χ0v) is 14.4. The van der Waals surface area contributed by atoms with E-state index in [0.29, 0.717) is 0 Å². The zero-order chi connectivity index (χ0) is 12.4. The van der Waals surface area contributed by atoms with Gasteiger partial charge in [0.05, 0.1) is 6.54 Å². The number of aliphatic imine (C=N–C) groups is 1. The number of guanidine groups is 1. The minimum atomic E-state index is 0. The van der Waals surface area contributed by atoms with Crippen LogP contribution in [0.2, 0.25) is 0 Å². The largest absolute Gasteiger partial charge is 0.355 e. The highest BCUT2D eigenvalue weighted by atomic mass is 127. The van der Waals surface area contributed by atoms with Gasteiger partial charge in [0.1, 0.15) is 0 Å². The van der Waals surface area contributed by atoms with Crippen LogP contribution in [0.5, 0.6) is 0 Å². The molecule has 0 unspecified atom stereocenters. The van der Waals surface area contributed by atoms with Crippen molar-refractivity contribution >= 4 is 41.3 Å². The molecule has 0 saturated heterocycles. The topological polar surface area (TPSA) is 30.9 Å². The predicted molar refractivity (Wildman–Crippen MR) is 91.6 cm³/mol. The molecule has 4 nitrogen and oxygen atoms in total. The summed E-state index contributed by atoms with van der Waals surface area (Å²) in [6.07, 6.45) is 1.22. The lowest BCUT2D eigenvalue weighted by Crippen LogP contribution is -2.41. The lowest BCUT2D eigenvalue weighted by molar-refractivity contribution is 0.259. The highest BCUT2D eigenvalue weighted by molar-refractivity contribution is 14.0. The molecule has 0 saturated carbocycles. The summed E-state index contributed by atoms with van der Waals surface area (Å²) >= 11 is 1.90. The summed E-state index contributed by atoms with van der Waals surface area (Å²) in [6.45, 7) is 6.37. The predicted octanol–water partition coefficient (Wildman–Crippen LogP) is 1.62. The van der Waals surface area contributed by atoms with E-state index in [2.05, 4.69) is 38.6 Å². The number of nitrogens with zero attached hydrogens (tertiary/aromatic N) is 3. The van der Waals surface area contributed by atoms with Crippen LogP contribution in [-0.4, -0.2) is 55.5 Å². The standard InChI is InChI=1S/C13H20N4S.HI/c1-16-7-4-14-13(16)15-5-8-17-6-2-12-11(10-17)3-9-18-12;/h3,9H,2,4-8,10H2,1H3,(H,14,15);1H. The van der Waals surface area contributed by atoms with Gasteiger partial charge in [0, 0.05) is 44.6 Å². The number of rotatable bonds is 3.